The zero-order valence-corrected chi connectivity index (χ0v) is 12.8. The van der Waals surface area contributed by atoms with Gasteiger partial charge in [-0.1, -0.05) is 23.2 Å². The molecule has 1 aliphatic carbocycles. The lowest BCUT2D eigenvalue weighted by molar-refractivity contribution is 0.766. The standard InChI is InChI=1S/C15H12Cl2N4/c1-21-7-9(6-19-21)11-3-10(11)8-2-13-15(18-5-8)12(16)4-14(17)20-13/h2,4-7,10-11H,3H2,1H3. The van der Waals surface area contributed by atoms with Crippen LogP contribution in [0.1, 0.15) is 29.4 Å². The largest absolute Gasteiger partial charge is 0.276 e. The van der Waals surface area contributed by atoms with E-state index in [0.717, 1.165) is 11.9 Å². The highest BCUT2D eigenvalue weighted by molar-refractivity contribution is 6.37. The third kappa shape index (κ3) is 2.28. The van der Waals surface area contributed by atoms with Gasteiger partial charge >= 0.3 is 0 Å². The highest BCUT2D eigenvalue weighted by Crippen LogP contribution is 2.54. The lowest BCUT2D eigenvalue weighted by atomic mass is 10.1. The number of rotatable bonds is 2. The zero-order valence-electron chi connectivity index (χ0n) is 11.3. The number of nitrogens with zero attached hydrogens (tertiary/aromatic N) is 4. The van der Waals surface area contributed by atoms with Gasteiger partial charge in [0.1, 0.15) is 10.7 Å². The molecule has 0 N–H and O–H groups in total. The fraction of sp³-hybridized carbons (Fsp3) is 0.267. The van der Waals surface area contributed by atoms with Crippen molar-refractivity contribution in [1.29, 1.82) is 0 Å². The van der Waals surface area contributed by atoms with Crippen LogP contribution in [0.5, 0.6) is 0 Å². The van der Waals surface area contributed by atoms with Crippen LogP contribution in [0.3, 0.4) is 0 Å². The van der Waals surface area contributed by atoms with Crippen LogP contribution in [-0.2, 0) is 7.05 Å². The smallest absolute Gasteiger partial charge is 0.131 e. The third-order valence-electron chi connectivity index (χ3n) is 3.96. The Hall–Kier alpha value is -1.65. The minimum absolute atomic E-state index is 0.394. The number of aromatic nitrogens is 4. The molecule has 2 atom stereocenters. The first-order valence-electron chi connectivity index (χ1n) is 6.72. The highest BCUT2D eigenvalue weighted by atomic mass is 35.5. The molecule has 4 nitrogen and oxygen atoms in total. The molecule has 0 aromatic carbocycles. The molecule has 3 aromatic rings. The average molecular weight is 319 g/mol. The van der Waals surface area contributed by atoms with Crippen LogP contribution < -0.4 is 0 Å². The number of hydrogen-bond acceptors (Lipinski definition) is 3. The minimum atomic E-state index is 0.394. The first kappa shape index (κ1) is 13.0. The Labute approximate surface area is 131 Å². The SMILES string of the molecule is Cn1cc(C2CC2c2cnc3c(Cl)cc(Cl)nc3c2)cn1. The van der Waals surface area contributed by atoms with Crippen molar-refractivity contribution in [2.45, 2.75) is 18.3 Å². The summed E-state index contributed by atoms with van der Waals surface area (Å²) in [6.07, 6.45) is 7.02. The van der Waals surface area contributed by atoms with Crippen molar-refractivity contribution in [2.24, 2.45) is 7.05 Å². The minimum Gasteiger partial charge on any atom is -0.276 e. The van der Waals surface area contributed by atoms with E-state index < -0.39 is 0 Å². The number of fused-ring (bicyclic) bond motifs is 1. The lowest BCUT2D eigenvalue weighted by Crippen LogP contribution is -1.90. The van der Waals surface area contributed by atoms with E-state index in [4.69, 9.17) is 23.2 Å². The van der Waals surface area contributed by atoms with Crippen LogP contribution in [0, 0.1) is 0 Å². The molecule has 0 bridgehead atoms. The summed E-state index contributed by atoms with van der Waals surface area (Å²) in [4.78, 5) is 8.75. The number of halogens is 2. The van der Waals surface area contributed by atoms with Crippen molar-refractivity contribution in [1.82, 2.24) is 19.7 Å². The van der Waals surface area contributed by atoms with Crippen LogP contribution in [0.2, 0.25) is 10.2 Å². The number of aryl methyl sites for hydroxylation is 1. The Morgan fingerprint density at radius 1 is 1.14 bits per heavy atom. The van der Waals surface area contributed by atoms with Gasteiger partial charge in [0.25, 0.3) is 0 Å². The fourth-order valence-electron chi connectivity index (χ4n) is 2.82. The molecule has 0 radical (unpaired) electrons. The molecule has 4 rings (SSSR count). The summed E-state index contributed by atoms with van der Waals surface area (Å²) in [6, 6.07) is 3.66. The van der Waals surface area contributed by atoms with Gasteiger partial charge in [-0.3, -0.25) is 9.67 Å². The number of hydrogen-bond donors (Lipinski definition) is 0. The van der Waals surface area contributed by atoms with E-state index in [1.54, 1.807) is 6.07 Å². The van der Waals surface area contributed by atoms with Crippen LogP contribution in [-0.4, -0.2) is 19.7 Å². The fourth-order valence-corrected chi connectivity index (χ4v) is 3.33. The molecular weight excluding hydrogens is 307 g/mol. The summed E-state index contributed by atoms with van der Waals surface area (Å²) in [6.45, 7) is 0. The molecule has 3 aromatic heterocycles. The normalized spacial score (nSPS) is 20.9. The maximum absolute atomic E-state index is 6.14. The average Bonchev–Trinajstić information content (AvgIpc) is 3.13. The van der Waals surface area contributed by atoms with Crippen LogP contribution in [0.4, 0.5) is 0 Å². The van der Waals surface area contributed by atoms with Gasteiger partial charge in [-0.2, -0.15) is 5.10 Å². The summed E-state index contributed by atoms with van der Waals surface area (Å²) in [5.41, 5.74) is 3.91. The maximum Gasteiger partial charge on any atom is 0.131 e. The Morgan fingerprint density at radius 3 is 2.71 bits per heavy atom. The molecular formula is C15H12Cl2N4. The molecule has 1 aliphatic rings. The van der Waals surface area contributed by atoms with Crippen LogP contribution in [0.15, 0.2) is 30.7 Å². The van der Waals surface area contributed by atoms with Gasteiger partial charge in [0.2, 0.25) is 0 Å². The van der Waals surface area contributed by atoms with Crippen molar-refractivity contribution in [3.63, 3.8) is 0 Å². The van der Waals surface area contributed by atoms with E-state index in [2.05, 4.69) is 21.3 Å². The molecule has 0 aliphatic heterocycles. The molecule has 0 spiro atoms. The number of pyridine rings is 2. The molecule has 6 heteroatoms. The summed E-state index contributed by atoms with van der Waals surface area (Å²) < 4.78 is 1.84. The summed E-state index contributed by atoms with van der Waals surface area (Å²) in [5.74, 6) is 0.998. The van der Waals surface area contributed by atoms with Crippen molar-refractivity contribution >= 4 is 34.2 Å². The Kier molecular flexibility index (Phi) is 2.91. The van der Waals surface area contributed by atoms with Gasteiger partial charge in [0.15, 0.2) is 0 Å². The second-order valence-electron chi connectivity index (χ2n) is 5.46. The topological polar surface area (TPSA) is 43.6 Å². The van der Waals surface area contributed by atoms with Gasteiger partial charge in [-0.05, 0) is 41.5 Å². The van der Waals surface area contributed by atoms with Gasteiger partial charge in [-0.25, -0.2) is 4.98 Å². The quantitative estimate of drug-likeness (QED) is 0.672. The van der Waals surface area contributed by atoms with Gasteiger partial charge < -0.3 is 0 Å². The second-order valence-corrected chi connectivity index (χ2v) is 6.25. The predicted octanol–water partition coefficient (Wildman–Crippen LogP) is 3.94. The molecule has 2 unspecified atom stereocenters. The summed E-state index contributed by atoms with van der Waals surface area (Å²) in [7, 11) is 1.94. The molecule has 1 fully saturated rings. The van der Waals surface area contributed by atoms with Gasteiger partial charge in [0, 0.05) is 19.4 Å². The van der Waals surface area contributed by atoms with E-state index in [1.807, 2.05) is 30.2 Å². The molecule has 0 saturated heterocycles. The van der Waals surface area contributed by atoms with Gasteiger partial charge in [0.05, 0.1) is 16.7 Å². The maximum atomic E-state index is 6.14. The lowest BCUT2D eigenvalue weighted by Gasteiger charge is -2.04. The van der Waals surface area contributed by atoms with Gasteiger partial charge in [-0.15, -0.1) is 0 Å². The van der Waals surface area contributed by atoms with Crippen LogP contribution >= 0.6 is 23.2 Å². The molecule has 1 saturated carbocycles. The first-order chi connectivity index (χ1) is 10.1. The van der Waals surface area contributed by atoms with E-state index >= 15 is 0 Å². The Bertz CT molecular complexity index is 843. The van der Waals surface area contributed by atoms with Crippen molar-refractivity contribution < 1.29 is 0 Å². The Morgan fingerprint density at radius 2 is 1.95 bits per heavy atom. The van der Waals surface area contributed by atoms with E-state index in [1.165, 1.54) is 11.1 Å². The monoisotopic (exact) mass is 318 g/mol. The molecule has 0 amide bonds. The summed E-state index contributed by atoms with van der Waals surface area (Å²) in [5, 5.41) is 5.17. The molecule has 21 heavy (non-hydrogen) atoms. The first-order valence-corrected chi connectivity index (χ1v) is 7.47. The highest BCUT2D eigenvalue weighted by Gasteiger charge is 2.40. The Balaban J connectivity index is 1.69. The molecule has 106 valence electrons. The van der Waals surface area contributed by atoms with Crippen molar-refractivity contribution in [3.8, 4) is 0 Å². The van der Waals surface area contributed by atoms with Crippen molar-refractivity contribution in [3.05, 3.63) is 52.0 Å². The summed E-state index contributed by atoms with van der Waals surface area (Å²) >= 11 is 12.1. The third-order valence-corrected chi connectivity index (χ3v) is 4.44. The second kappa shape index (κ2) is 4.68. The van der Waals surface area contributed by atoms with E-state index in [9.17, 15) is 0 Å². The molecule has 3 heterocycles. The predicted molar refractivity (Wildman–Crippen MR) is 82.9 cm³/mol. The zero-order chi connectivity index (χ0) is 14.6. The van der Waals surface area contributed by atoms with Crippen LogP contribution in [0.25, 0.3) is 11.0 Å². The van der Waals surface area contributed by atoms with E-state index in [-0.39, 0.29) is 0 Å². The van der Waals surface area contributed by atoms with Crippen molar-refractivity contribution in [2.75, 3.05) is 0 Å². The van der Waals surface area contributed by atoms with E-state index in [0.29, 0.717) is 27.5 Å².